The number of hydrogen-bond donors (Lipinski definition) is 1. The molecule has 3 rings (SSSR count). The third-order valence-electron chi connectivity index (χ3n) is 3.36. The number of fused-ring (bicyclic) bond motifs is 1. The molecule has 0 spiro atoms. The molecule has 1 aliphatic heterocycles. The van der Waals surface area contributed by atoms with Crippen molar-refractivity contribution in [1.29, 1.82) is 0 Å². The van der Waals surface area contributed by atoms with E-state index in [1.807, 2.05) is 44.2 Å². The normalized spacial score (nSPS) is 16.2. The first-order valence-corrected chi connectivity index (χ1v) is 6.26. The second-order valence-electron chi connectivity index (χ2n) is 5.15. The third kappa shape index (κ3) is 2.08. The first-order chi connectivity index (χ1) is 9.06. The molecule has 1 N–H and O–H groups in total. The Morgan fingerprint density at radius 3 is 2.47 bits per heavy atom. The molecule has 3 heteroatoms. The minimum Gasteiger partial charge on any atom is -0.438 e. The number of anilines is 1. The van der Waals surface area contributed by atoms with Crippen LogP contribution in [0.1, 0.15) is 19.4 Å². The molecule has 2 aromatic carbocycles. The van der Waals surface area contributed by atoms with E-state index < -0.39 is 11.7 Å². The number of ether oxygens (including phenoxy) is 1. The Bertz CT molecular complexity index is 632. The van der Waals surface area contributed by atoms with Crippen molar-refractivity contribution in [1.82, 2.24) is 0 Å². The lowest BCUT2D eigenvalue weighted by Gasteiger charge is -2.32. The molecule has 19 heavy (non-hydrogen) atoms. The monoisotopic (exact) mass is 253 g/mol. The third-order valence-corrected chi connectivity index (χ3v) is 3.36. The summed E-state index contributed by atoms with van der Waals surface area (Å²) in [7, 11) is 0. The summed E-state index contributed by atoms with van der Waals surface area (Å²) in [5.74, 6) is 0. The highest BCUT2D eigenvalue weighted by molar-refractivity contribution is 5.89. The Balaban J connectivity index is 2.12. The smallest absolute Gasteiger partial charge is 0.412 e. The Hall–Kier alpha value is -2.29. The second kappa shape index (κ2) is 4.12. The fraction of sp³-hybridized carbons (Fsp3) is 0.188. The van der Waals surface area contributed by atoms with E-state index >= 15 is 0 Å². The molecule has 0 fully saturated rings. The van der Waals surface area contributed by atoms with Gasteiger partial charge in [0, 0.05) is 5.56 Å². The van der Waals surface area contributed by atoms with Crippen molar-refractivity contribution in [2.24, 2.45) is 0 Å². The molecule has 2 aromatic rings. The highest BCUT2D eigenvalue weighted by atomic mass is 16.6. The van der Waals surface area contributed by atoms with Crippen molar-refractivity contribution in [3.8, 4) is 11.1 Å². The fourth-order valence-electron chi connectivity index (χ4n) is 2.38. The maximum absolute atomic E-state index is 11.5. The summed E-state index contributed by atoms with van der Waals surface area (Å²) in [5, 5.41) is 2.73. The number of amides is 1. The number of benzene rings is 2. The highest BCUT2D eigenvalue weighted by Crippen LogP contribution is 2.37. The molecular formula is C16H15NO2. The molecule has 0 bridgehead atoms. The largest absolute Gasteiger partial charge is 0.438 e. The van der Waals surface area contributed by atoms with Crippen molar-refractivity contribution in [2.45, 2.75) is 19.4 Å². The summed E-state index contributed by atoms with van der Waals surface area (Å²) in [6.45, 7) is 3.80. The van der Waals surface area contributed by atoms with E-state index in [4.69, 9.17) is 4.74 Å². The lowest BCUT2D eigenvalue weighted by atomic mass is 9.91. The van der Waals surface area contributed by atoms with E-state index in [0.717, 1.165) is 22.4 Å². The molecule has 1 amide bonds. The highest BCUT2D eigenvalue weighted by Gasteiger charge is 2.33. The molecule has 1 aliphatic rings. The summed E-state index contributed by atoms with van der Waals surface area (Å²) in [5.41, 5.74) is 3.47. The molecule has 0 saturated heterocycles. The maximum atomic E-state index is 11.5. The van der Waals surface area contributed by atoms with Crippen LogP contribution in [0.3, 0.4) is 0 Å². The van der Waals surface area contributed by atoms with E-state index in [1.165, 1.54) is 0 Å². The van der Waals surface area contributed by atoms with Crippen LogP contribution in [0.25, 0.3) is 11.1 Å². The van der Waals surface area contributed by atoms with E-state index in [9.17, 15) is 4.79 Å². The predicted molar refractivity (Wildman–Crippen MR) is 75.0 cm³/mol. The van der Waals surface area contributed by atoms with Crippen molar-refractivity contribution >= 4 is 11.8 Å². The van der Waals surface area contributed by atoms with Crippen molar-refractivity contribution < 1.29 is 9.53 Å². The van der Waals surface area contributed by atoms with E-state index in [0.29, 0.717) is 0 Å². The molecule has 0 unspecified atom stereocenters. The molecule has 0 aliphatic carbocycles. The molecular weight excluding hydrogens is 238 g/mol. The van der Waals surface area contributed by atoms with Crippen LogP contribution in [0, 0.1) is 0 Å². The lowest BCUT2D eigenvalue weighted by Crippen LogP contribution is -2.34. The van der Waals surface area contributed by atoms with Gasteiger partial charge >= 0.3 is 6.09 Å². The van der Waals surface area contributed by atoms with E-state index in [2.05, 4.69) is 23.5 Å². The van der Waals surface area contributed by atoms with Gasteiger partial charge in [-0.2, -0.15) is 0 Å². The van der Waals surface area contributed by atoms with Gasteiger partial charge < -0.3 is 4.74 Å². The van der Waals surface area contributed by atoms with Crippen LogP contribution < -0.4 is 5.32 Å². The second-order valence-corrected chi connectivity index (χ2v) is 5.15. The Kier molecular flexibility index (Phi) is 2.56. The van der Waals surface area contributed by atoms with Gasteiger partial charge in [0.15, 0.2) is 0 Å². The SMILES string of the molecule is CC1(C)OC(=O)Nc2ccc(-c3ccccc3)cc21. The van der Waals surface area contributed by atoms with Gasteiger partial charge in [-0.15, -0.1) is 0 Å². The summed E-state index contributed by atoms with van der Waals surface area (Å²) < 4.78 is 5.34. The molecule has 3 nitrogen and oxygen atoms in total. The van der Waals surface area contributed by atoms with Gasteiger partial charge in [-0.05, 0) is 37.1 Å². The minimum atomic E-state index is -0.609. The quantitative estimate of drug-likeness (QED) is 0.829. The Labute approximate surface area is 112 Å². The zero-order chi connectivity index (χ0) is 13.5. The maximum Gasteiger partial charge on any atom is 0.412 e. The number of nitrogens with one attached hydrogen (secondary N) is 1. The van der Waals surface area contributed by atoms with Crippen LogP contribution in [-0.2, 0) is 10.3 Å². The number of carbonyl (C=O) groups excluding carboxylic acids is 1. The van der Waals surface area contributed by atoms with Gasteiger partial charge in [0.05, 0.1) is 5.69 Å². The minimum absolute atomic E-state index is 0.398. The van der Waals surface area contributed by atoms with Gasteiger partial charge in [-0.25, -0.2) is 4.79 Å². The fourth-order valence-corrected chi connectivity index (χ4v) is 2.38. The zero-order valence-corrected chi connectivity index (χ0v) is 10.9. The molecule has 96 valence electrons. The summed E-state index contributed by atoms with van der Waals surface area (Å²) >= 11 is 0. The Morgan fingerprint density at radius 1 is 1.00 bits per heavy atom. The van der Waals surface area contributed by atoms with Crippen molar-refractivity contribution in [2.75, 3.05) is 5.32 Å². The molecule has 1 heterocycles. The first kappa shape index (κ1) is 11.8. The van der Waals surface area contributed by atoms with Gasteiger partial charge in [-0.1, -0.05) is 36.4 Å². The van der Waals surface area contributed by atoms with Crippen molar-refractivity contribution in [3.05, 3.63) is 54.1 Å². The average molecular weight is 253 g/mol. The standard InChI is InChI=1S/C16H15NO2/c1-16(2)13-10-12(11-6-4-3-5-7-11)8-9-14(13)17-15(18)19-16/h3-10H,1-2H3,(H,17,18). The van der Waals surface area contributed by atoms with E-state index in [1.54, 1.807) is 0 Å². The summed E-state index contributed by atoms with van der Waals surface area (Å²) in [4.78, 5) is 11.5. The first-order valence-electron chi connectivity index (χ1n) is 6.26. The molecule has 0 aromatic heterocycles. The van der Waals surface area contributed by atoms with Crippen molar-refractivity contribution in [3.63, 3.8) is 0 Å². The van der Waals surface area contributed by atoms with Crippen LogP contribution in [0.15, 0.2) is 48.5 Å². The lowest BCUT2D eigenvalue weighted by molar-refractivity contribution is 0.0421. The molecule has 0 atom stereocenters. The Morgan fingerprint density at radius 2 is 1.74 bits per heavy atom. The predicted octanol–water partition coefficient (Wildman–Crippen LogP) is 4.15. The van der Waals surface area contributed by atoms with Crippen LogP contribution in [0.4, 0.5) is 10.5 Å². The van der Waals surface area contributed by atoms with Crippen LogP contribution >= 0.6 is 0 Å². The van der Waals surface area contributed by atoms with Gasteiger partial charge in [0.25, 0.3) is 0 Å². The number of hydrogen-bond acceptors (Lipinski definition) is 2. The number of rotatable bonds is 1. The topological polar surface area (TPSA) is 38.3 Å². The zero-order valence-electron chi connectivity index (χ0n) is 10.9. The van der Waals surface area contributed by atoms with Crippen LogP contribution in [0.5, 0.6) is 0 Å². The average Bonchev–Trinajstić information content (AvgIpc) is 2.38. The number of cyclic esters (lactones) is 1. The van der Waals surface area contributed by atoms with Crippen LogP contribution in [-0.4, -0.2) is 6.09 Å². The van der Waals surface area contributed by atoms with E-state index in [-0.39, 0.29) is 0 Å². The van der Waals surface area contributed by atoms with Crippen LogP contribution in [0.2, 0.25) is 0 Å². The summed E-state index contributed by atoms with van der Waals surface area (Å²) in [6, 6.07) is 16.2. The molecule has 0 saturated carbocycles. The number of carbonyl (C=O) groups is 1. The van der Waals surface area contributed by atoms with Gasteiger partial charge in [-0.3, -0.25) is 5.32 Å². The van der Waals surface area contributed by atoms with Gasteiger partial charge in [0.1, 0.15) is 5.60 Å². The van der Waals surface area contributed by atoms with Gasteiger partial charge in [0.2, 0.25) is 0 Å². The summed E-state index contributed by atoms with van der Waals surface area (Å²) in [6.07, 6.45) is -0.398. The molecule has 0 radical (unpaired) electrons.